The van der Waals surface area contributed by atoms with Gasteiger partial charge < -0.3 is 9.73 Å². The predicted molar refractivity (Wildman–Crippen MR) is 79.2 cm³/mol. The monoisotopic (exact) mass is 280 g/mol. The average Bonchev–Trinajstić information content (AvgIpc) is 3.03. The maximum atomic E-state index is 5.66. The molecule has 0 aliphatic rings. The van der Waals surface area contributed by atoms with Gasteiger partial charge in [-0.2, -0.15) is 0 Å². The Kier molecular flexibility index (Phi) is 4.02. The van der Waals surface area contributed by atoms with Crippen LogP contribution < -0.4 is 5.32 Å². The topological polar surface area (TPSA) is 63.8 Å². The molecule has 0 radical (unpaired) electrons. The van der Waals surface area contributed by atoms with E-state index in [2.05, 4.69) is 27.4 Å². The van der Waals surface area contributed by atoms with E-state index in [0.717, 1.165) is 11.1 Å². The number of aromatic nitrogens is 3. The van der Waals surface area contributed by atoms with Gasteiger partial charge in [-0.05, 0) is 30.7 Å². The largest absolute Gasteiger partial charge is 0.419 e. The molecule has 0 bridgehead atoms. The Hall–Kier alpha value is -2.53. The normalized spacial score (nSPS) is 12.2. The van der Waals surface area contributed by atoms with Gasteiger partial charge in [-0.15, -0.1) is 10.2 Å². The van der Waals surface area contributed by atoms with E-state index in [1.807, 2.05) is 48.7 Å². The minimum Gasteiger partial charge on any atom is -0.419 e. The minimum absolute atomic E-state index is 0.172. The van der Waals surface area contributed by atoms with Crippen LogP contribution in [-0.2, 0) is 6.54 Å². The molecule has 5 heteroatoms. The predicted octanol–water partition coefficient (Wildman–Crippen LogP) is 2.98. The molecule has 0 aliphatic heterocycles. The number of hydrogen-bond donors (Lipinski definition) is 1. The number of benzene rings is 1. The van der Waals surface area contributed by atoms with E-state index in [1.165, 1.54) is 0 Å². The third-order valence-corrected chi connectivity index (χ3v) is 3.23. The molecule has 0 unspecified atom stereocenters. The van der Waals surface area contributed by atoms with Crippen LogP contribution in [0.15, 0.2) is 59.3 Å². The molecule has 1 N–H and O–H groups in total. The molecule has 0 fully saturated rings. The van der Waals surface area contributed by atoms with Gasteiger partial charge in [-0.3, -0.25) is 4.98 Å². The van der Waals surface area contributed by atoms with Crippen LogP contribution in [0.4, 0.5) is 0 Å². The van der Waals surface area contributed by atoms with E-state index in [-0.39, 0.29) is 6.04 Å². The van der Waals surface area contributed by atoms with Crippen LogP contribution in [0.5, 0.6) is 0 Å². The fourth-order valence-electron chi connectivity index (χ4n) is 2.01. The fraction of sp³-hybridized carbons (Fsp3) is 0.188. The van der Waals surface area contributed by atoms with Crippen molar-refractivity contribution in [1.29, 1.82) is 0 Å². The van der Waals surface area contributed by atoms with Gasteiger partial charge in [0.15, 0.2) is 0 Å². The van der Waals surface area contributed by atoms with Crippen LogP contribution in [0, 0.1) is 0 Å². The van der Waals surface area contributed by atoms with Crippen LogP contribution >= 0.6 is 0 Å². The number of nitrogens with one attached hydrogen (secondary N) is 1. The van der Waals surface area contributed by atoms with Crippen molar-refractivity contribution in [2.24, 2.45) is 0 Å². The maximum Gasteiger partial charge on any atom is 0.247 e. The van der Waals surface area contributed by atoms with Gasteiger partial charge in [-0.1, -0.05) is 24.3 Å². The summed E-state index contributed by atoms with van der Waals surface area (Å²) in [4.78, 5) is 4.11. The Labute approximate surface area is 123 Å². The summed E-state index contributed by atoms with van der Waals surface area (Å²) >= 11 is 0. The molecule has 0 saturated heterocycles. The van der Waals surface area contributed by atoms with Crippen molar-refractivity contribution < 1.29 is 4.42 Å². The highest BCUT2D eigenvalue weighted by molar-refractivity contribution is 5.51. The Balaban J connectivity index is 1.63. The number of pyridine rings is 1. The van der Waals surface area contributed by atoms with E-state index >= 15 is 0 Å². The summed E-state index contributed by atoms with van der Waals surface area (Å²) in [5, 5.41) is 11.5. The van der Waals surface area contributed by atoms with Crippen molar-refractivity contribution in [3.63, 3.8) is 0 Å². The minimum atomic E-state index is 0.172. The van der Waals surface area contributed by atoms with Crippen molar-refractivity contribution >= 4 is 0 Å². The fourth-order valence-corrected chi connectivity index (χ4v) is 2.01. The number of rotatable bonds is 5. The summed E-state index contributed by atoms with van der Waals surface area (Å²) in [6, 6.07) is 13.9. The summed E-state index contributed by atoms with van der Waals surface area (Å²) in [5.41, 5.74) is 2.05. The molecular weight excluding hydrogens is 264 g/mol. The molecule has 1 atom stereocenters. The number of nitrogens with zero attached hydrogens (tertiary/aromatic N) is 3. The second-order valence-corrected chi connectivity index (χ2v) is 4.76. The zero-order chi connectivity index (χ0) is 14.5. The molecule has 1 aromatic carbocycles. The van der Waals surface area contributed by atoms with E-state index in [9.17, 15) is 0 Å². The van der Waals surface area contributed by atoms with Crippen molar-refractivity contribution in [3.8, 4) is 11.5 Å². The standard InChI is InChI=1S/C16H16N4O/c1-12(14-8-5-9-17-10-14)18-11-15-19-20-16(21-15)13-6-3-2-4-7-13/h2-10,12,18H,11H2,1H3/t12-/m0/s1. The maximum absolute atomic E-state index is 5.66. The zero-order valence-corrected chi connectivity index (χ0v) is 11.7. The smallest absolute Gasteiger partial charge is 0.247 e. The summed E-state index contributed by atoms with van der Waals surface area (Å²) in [6.07, 6.45) is 3.61. The van der Waals surface area contributed by atoms with Gasteiger partial charge in [0.05, 0.1) is 6.54 Å². The van der Waals surface area contributed by atoms with Gasteiger partial charge in [0.25, 0.3) is 0 Å². The van der Waals surface area contributed by atoms with E-state index in [0.29, 0.717) is 18.3 Å². The third-order valence-electron chi connectivity index (χ3n) is 3.23. The van der Waals surface area contributed by atoms with Gasteiger partial charge in [-0.25, -0.2) is 0 Å². The lowest BCUT2D eigenvalue weighted by atomic mass is 10.1. The summed E-state index contributed by atoms with van der Waals surface area (Å²) in [6.45, 7) is 2.60. The molecule has 106 valence electrons. The Morgan fingerprint density at radius 1 is 1.10 bits per heavy atom. The van der Waals surface area contributed by atoms with Gasteiger partial charge in [0.1, 0.15) is 0 Å². The van der Waals surface area contributed by atoms with Crippen LogP contribution in [0.25, 0.3) is 11.5 Å². The molecular formula is C16H16N4O. The lowest BCUT2D eigenvalue weighted by molar-refractivity contribution is 0.454. The summed E-state index contributed by atoms with van der Waals surface area (Å²) in [7, 11) is 0. The highest BCUT2D eigenvalue weighted by atomic mass is 16.4. The lowest BCUT2D eigenvalue weighted by Crippen LogP contribution is -2.18. The first kappa shape index (κ1) is 13.5. The van der Waals surface area contributed by atoms with Crippen molar-refractivity contribution in [2.75, 3.05) is 0 Å². The molecule has 2 aromatic heterocycles. The third kappa shape index (κ3) is 3.32. The van der Waals surface area contributed by atoms with Crippen LogP contribution in [0.2, 0.25) is 0 Å². The molecule has 3 aromatic rings. The molecule has 0 aliphatic carbocycles. The van der Waals surface area contributed by atoms with E-state index in [1.54, 1.807) is 6.20 Å². The second-order valence-electron chi connectivity index (χ2n) is 4.76. The molecule has 3 rings (SSSR count). The Morgan fingerprint density at radius 2 is 1.95 bits per heavy atom. The average molecular weight is 280 g/mol. The van der Waals surface area contributed by atoms with Crippen molar-refractivity contribution in [1.82, 2.24) is 20.5 Å². The summed E-state index contributed by atoms with van der Waals surface area (Å²) in [5.74, 6) is 1.12. The van der Waals surface area contributed by atoms with Crippen molar-refractivity contribution in [3.05, 3.63) is 66.3 Å². The molecule has 0 spiro atoms. The van der Waals surface area contributed by atoms with Gasteiger partial charge in [0.2, 0.25) is 11.8 Å². The SMILES string of the molecule is C[C@H](NCc1nnc(-c2ccccc2)o1)c1cccnc1. The highest BCUT2D eigenvalue weighted by Gasteiger charge is 2.10. The highest BCUT2D eigenvalue weighted by Crippen LogP contribution is 2.17. The number of hydrogen-bond acceptors (Lipinski definition) is 5. The molecule has 5 nitrogen and oxygen atoms in total. The zero-order valence-electron chi connectivity index (χ0n) is 11.7. The first-order valence-electron chi connectivity index (χ1n) is 6.84. The quantitative estimate of drug-likeness (QED) is 0.778. The Bertz CT molecular complexity index is 682. The van der Waals surface area contributed by atoms with E-state index in [4.69, 9.17) is 4.42 Å². The first-order valence-corrected chi connectivity index (χ1v) is 6.84. The molecule has 2 heterocycles. The van der Waals surface area contributed by atoms with Crippen LogP contribution in [0.3, 0.4) is 0 Å². The molecule has 0 saturated carbocycles. The second kappa shape index (κ2) is 6.28. The van der Waals surface area contributed by atoms with E-state index < -0.39 is 0 Å². The van der Waals surface area contributed by atoms with Gasteiger partial charge >= 0.3 is 0 Å². The molecule has 21 heavy (non-hydrogen) atoms. The van der Waals surface area contributed by atoms with Crippen molar-refractivity contribution in [2.45, 2.75) is 19.5 Å². The van der Waals surface area contributed by atoms with Crippen LogP contribution in [0.1, 0.15) is 24.4 Å². The summed E-state index contributed by atoms with van der Waals surface area (Å²) < 4.78 is 5.66. The molecule has 0 amide bonds. The van der Waals surface area contributed by atoms with Gasteiger partial charge in [0, 0.05) is 24.0 Å². The van der Waals surface area contributed by atoms with Crippen LogP contribution in [-0.4, -0.2) is 15.2 Å². The lowest BCUT2D eigenvalue weighted by Gasteiger charge is -2.11. The Morgan fingerprint density at radius 3 is 2.71 bits per heavy atom. The first-order chi connectivity index (χ1) is 10.3.